The van der Waals surface area contributed by atoms with Crippen molar-refractivity contribution in [2.75, 3.05) is 4.90 Å². The average molecular weight is 782 g/mol. The first-order chi connectivity index (χ1) is 29.8. The van der Waals surface area contributed by atoms with Gasteiger partial charge in [-0.25, -0.2) is 0 Å². The standard InChI is InChI=1S/C60H47N/c1-38-33-45(44-28-25-40-15-5-6-18-43(40)35-44)34-39(2)58(38)61(46-29-31-50-48-19-9-13-23-54(48)59(3,4)56(50)36-46)47-30-32-51-49-20-10-14-24-55(49)60(57(51)37-47)52-21-11-7-16-41(52)26-27-42-17-8-12-22-53(42)60/h5-25,28-37H,26-27H2,1-4H3. The minimum Gasteiger partial charge on any atom is -0.310 e. The molecule has 0 amide bonds. The minimum atomic E-state index is -0.455. The third kappa shape index (κ3) is 5.13. The highest BCUT2D eigenvalue weighted by atomic mass is 15.1. The zero-order valence-corrected chi connectivity index (χ0v) is 35.3. The van der Waals surface area contributed by atoms with Crippen LogP contribution in [0.2, 0.25) is 0 Å². The zero-order valence-electron chi connectivity index (χ0n) is 35.3. The van der Waals surface area contributed by atoms with Crippen molar-refractivity contribution in [1.82, 2.24) is 0 Å². The fraction of sp³-hybridized carbons (Fsp3) is 0.133. The van der Waals surface area contributed by atoms with Gasteiger partial charge in [0.25, 0.3) is 0 Å². The SMILES string of the molecule is Cc1cc(-c2ccc3ccccc3c2)cc(C)c1N(c1ccc2c(c1)C(C)(C)c1ccccc1-2)c1ccc2c(c1)C1(c3ccccc3CCc3ccccc31)c1ccccc1-2. The molecule has 1 nitrogen and oxygen atoms in total. The Bertz CT molecular complexity index is 3200. The smallest absolute Gasteiger partial charge is 0.0719 e. The average Bonchev–Trinajstić information content (AvgIpc) is 3.64. The summed E-state index contributed by atoms with van der Waals surface area (Å²) in [5.74, 6) is 0. The molecule has 3 aliphatic rings. The largest absolute Gasteiger partial charge is 0.310 e. The monoisotopic (exact) mass is 781 g/mol. The van der Waals surface area contributed by atoms with Gasteiger partial charge in [-0.05, 0) is 169 Å². The Morgan fingerprint density at radius 2 is 0.869 bits per heavy atom. The van der Waals surface area contributed by atoms with Gasteiger partial charge in [0.2, 0.25) is 0 Å². The van der Waals surface area contributed by atoms with Crippen LogP contribution in [0.15, 0.2) is 188 Å². The Hall–Kier alpha value is -6.96. The second kappa shape index (κ2) is 13.3. The molecule has 0 saturated carbocycles. The molecule has 0 aromatic heterocycles. The molecule has 61 heavy (non-hydrogen) atoms. The molecule has 0 atom stereocenters. The number of rotatable bonds is 4. The minimum absolute atomic E-state index is 0.130. The van der Waals surface area contributed by atoms with Crippen LogP contribution in [0.3, 0.4) is 0 Å². The molecular weight excluding hydrogens is 735 g/mol. The van der Waals surface area contributed by atoms with E-state index in [0.29, 0.717) is 0 Å². The van der Waals surface area contributed by atoms with Crippen LogP contribution in [-0.4, -0.2) is 0 Å². The van der Waals surface area contributed by atoms with Gasteiger partial charge in [-0.1, -0.05) is 159 Å². The second-order valence-corrected chi connectivity index (χ2v) is 18.1. The third-order valence-electron chi connectivity index (χ3n) is 14.4. The van der Waals surface area contributed by atoms with E-state index in [1.807, 2.05) is 0 Å². The lowest BCUT2D eigenvalue weighted by Gasteiger charge is -2.36. The molecule has 0 aliphatic heterocycles. The van der Waals surface area contributed by atoms with Gasteiger partial charge in [0.05, 0.1) is 11.1 Å². The van der Waals surface area contributed by atoms with Gasteiger partial charge in [0, 0.05) is 16.8 Å². The van der Waals surface area contributed by atoms with Gasteiger partial charge in [-0.3, -0.25) is 0 Å². The van der Waals surface area contributed by atoms with E-state index >= 15 is 0 Å². The number of nitrogens with zero attached hydrogens (tertiary/aromatic N) is 1. The predicted octanol–water partition coefficient (Wildman–Crippen LogP) is 15.4. The summed E-state index contributed by atoms with van der Waals surface area (Å²) in [6, 6.07) is 71.6. The van der Waals surface area contributed by atoms with Crippen LogP contribution in [0, 0.1) is 13.8 Å². The molecule has 3 aliphatic carbocycles. The molecule has 12 rings (SSSR count). The lowest BCUT2D eigenvalue weighted by molar-refractivity contribution is 0.660. The van der Waals surface area contributed by atoms with Gasteiger partial charge in [-0.2, -0.15) is 0 Å². The molecule has 1 spiro atoms. The number of benzene rings is 9. The Morgan fingerprint density at radius 1 is 0.377 bits per heavy atom. The number of hydrogen-bond donors (Lipinski definition) is 0. The van der Waals surface area contributed by atoms with E-state index in [1.165, 1.54) is 117 Å². The van der Waals surface area contributed by atoms with Gasteiger partial charge in [-0.15, -0.1) is 0 Å². The highest BCUT2D eigenvalue weighted by molar-refractivity contribution is 5.93. The number of aryl methyl sites for hydroxylation is 4. The first-order valence-electron chi connectivity index (χ1n) is 21.9. The first kappa shape index (κ1) is 35.9. The molecular formula is C60H47N. The van der Waals surface area contributed by atoms with E-state index in [9.17, 15) is 0 Å². The Morgan fingerprint density at radius 3 is 1.52 bits per heavy atom. The van der Waals surface area contributed by atoms with Crippen LogP contribution in [0.25, 0.3) is 44.2 Å². The summed E-state index contributed by atoms with van der Waals surface area (Å²) < 4.78 is 0. The maximum absolute atomic E-state index is 2.57. The van der Waals surface area contributed by atoms with Crippen LogP contribution in [0.5, 0.6) is 0 Å². The molecule has 0 bridgehead atoms. The summed E-state index contributed by atoms with van der Waals surface area (Å²) in [5.41, 5.74) is 24.4. The molecule has 0 unspecified atom stereocenters. The number of hydrogen-bond acceptors (Lipinski definition) is 1. The van der Waals surface area contributed by atoms with Crippen LogP contribution in [0.4, 0.5) is 17.1 Å². The van der Waals surface area contributed by atoms with Crippen LogP contribution >= 0.6 is 0 Å². The van der Waals surface area contributed by atoms with Crippen molar-refractivity contribution in [3.05, 3.63) is 244 Å². The summed E-state index contributed by atoms with van der Waals surface area (Å²) in [5, 5.41) is 2.53. The van der Waals surface area contributed by atoms with Crippen LogP contribution in [0.1, 0.15) is 69.5 Å². The third-order valence-corrected chi connectivity index (χ3v) is 14.4. The van der Waals surface area contributed by atoms with Gasteiger partial charge in [0.1, 0.15) is 0 Å². The number of anilines is 3. The Kier molecular flexibility index (Phi) is 7.82. The molecule has 9 aromatic rings. The first-order valence-corrected chi connectivity index (χ1v) is 21.9. The van der Waals surface area contributed by atoms with Gasteiger partial charge >= 0.3 is 0 Å². The maximum atomic E-state index is 2.57. The molecule has 0 fully saturated rings. The quantitative estimate of drug-likeness (QED) is 0.172. The normalized spacial score (nSPS) is 14.7. The molecule has 0 N–H and O–H groups in total. The maximum Gasteiger partial charge on any atom is 0.0719 e. The fourth-order valence-electron chi connectivity index (χ4n) is 11.7. The predicted molar refractivity (Wildman–Crippen MR) is 256 cm³/mol. The summed E-state index contributed by atoms with van der Waals surface area (Å²) in [4.78, 5) is 2.57. The highest BCUT2D eigenvalue weighted by Gasteiger charge is 2.49. The van der Waals surface area contributed by atoms with E-state index < -0.39 is 5.41 Å². The molecule has 9 aromatic carbocycles. The van der Waals surface area contributed by atoms with E-state index in [4.69, 9.17) is 0 Å². The number of fused-ring (bicyclic) bond motifs is 13. The fourth-order valence-corrected chi connectivity index (χ4v) is 11.7. The van der Waals surface area contributed by atoms with Crippen molar-refractivity contribution in [3.8, 4) is 33.4 Å². The van der Waals surface area contributed by atoms with Crippen molar-refractivity contribution in [1.29, 1.82) is 0 Å². The molecule has 0 radical (unpaired) electrons. The van der Waals surface area contributed by atoms with E-state index in [2.05, 4.69) is 221 Å². The van der Waals surface area contributed by atoms with E-state index in [1.54, 1.807) is 0 Å². The topological polar surface area (TPSA) is 3.24 Å². The lowest BCUT2D eigenvalue weighted by atomic mass is 9.66. The van der Waals surface area contributed by atoms with Crippen molar-refractivity contribution in [3.63, 3.8) is 0 Å². The van der Waals surface area contributed by atoms with Crippen molar-refractivity contribution < 1.29 is 0 Å². The van der Waals surface area contributed by atoms with Gasteiger partial charge < -0.3 is 4.90 Å². The summed E-state index contributed by atoms with van der Waals surface area (Å²) in [6.07, 6.45) is 2.04. The van der Waals surface area contributed by atoms with E-state index in [-0.39, 0.29) is 5.41 Å². The summed E-state index contributed by atoms with van der Waals surface area (Å²) in [7, 11) is 0. The Balaban J connectivity index is 1.12. The Labute approximate surface area is 359 Å². The second-order valence-electron chi connectivity index (χ2n) is 18.1. The van der Waals surface area contributed by atoms with Crippen molar-refractivity contribution in [2.45, 2.75) is 51.4 Å². The van der Waals surface area contributed by atoms with Gasteiger partial charge in [0.15, 0.2) is 0 Å². The zero-order chi connectivity index (χ0) is 41.0. The van der Waals surface area contributed by atoms with Crippen molar-refractivity contribution >= 4 is 27.8 Å². The van der Waals surface area contributed by atoms with Crippen molar-refractivity contribution in [2.24, 2.45) is 0 Å². The van der Waals surface area contributed by atoms with E-state index in [0.717, 1.165) is 12.8 Å². The summed E-state index contributed by atoms with van der Waals surface area (Å²) in [6.45, 7) is 9.38. The van der Waals surface area contributed by atoms with Crippen LogP contribution in [-0.2, 0) is 23.7 Å². The van der Waals surface area contributed by atoms with Crippen LogP contribution < -0.4 is 4.90 Å². The molecule has 0 saturated heterocycles. The molecule has 0 heterocycles. The molecule has 292 valence electrons. The lowest BCUT2D eigenvalue weighted by Crippen LogP contribution is -2.30. The summed E-state index contributed by atoms with van der Waals surface area (Å²) >= 11 is 0. The highest BCUT2D eigenvalue weighted by Crippen LogP contribution is 2.60. The molecule has 1 heteroatoms.